The molecule has 1 aliphatic heterocycles. The van der Waals surface area contributed by atoms with E-state index in [-0.39, 0.29) is 17.4 Å². The van der Waals surface area contributed by atoms with Crippen LogP contribution in [-0.4, -0.2) is 52.4 Å². The van der Waals surface area contributed by atoms with Crippen molar-refractivity contribution in [3.05, 3.63) is 63.6 Å². The van der Waals surface area contributed by atoms with Gasteiger partial charge in [-0.3, -0.25) is 14.4 Å². The number of pyridine rings is 1. The van der Waals surface area contributed by atoms with Gasteiger partial charge in [0.25, 0.3) is 11.5 Å². The predicted octanol–water partition coefficient (Wildman–Crippen LogP) is 1.93. The van der Waals surface area contributed by atoms with E-state index in [4.69, 9.17) is 0 Å². The first-order valence-corrected chi connectivity index (χ1v) is 9.50. The van der Waals surface area contributed by atoms with Gasteiger partial charge in [0.1, 0.15) is 0 Å². The molecule has 1 aromatic heterocycles. The molecule has 0 unspecified atom stereocenters. The highest BCUT2D eigenvalue weighted by Gasteiger charge is 2.23. The summed E-state index contributed by atoms with van der Waals surface area (Å²) in [5, 5.41) is 0. The third-order valence-electron chi connectivity index (χ3n) is 5.58. The first kappa shape index (κ1) is 18.2. The maximum Gasteiger partial charge on any atom is 0.254 e. The summed E-state index contributed by atoms with van der Waals surface area (Å²) in [6.45, 7) is 3.82. The fourth-order valence-electron chi connectivity index (χ4n) is 3.92. The Bertz CT molecular complexity index is 1030. The van der Waals surface area contributed by atoms with E-state index < -0.39 is 0 Å². The van der Waals surface area contributed by atoms with Gasteiger partial charge in [-0.2, -0.15) is 0 Å². The lowest BCUT2D eigenvalue weighted by molar-refractivity contribution is -0.130. The summed E-state index contributed by atoms with van der Waals surface area (Å²) in [5.41, 5.74) is 4.46. The van der Waals surface area contributed by atoms with Gasteiger partial charge >= 0.3 is 0 Å². The number of carbonyl (C=O) groups excluding carboxylic acids is 2. The molecule has 28 heavy (non-hydrogen) atoms. The molecule has 4 rings (SSSR count). The molecule has 1 aliphatic carbocycles. The third kappa shape index (κ3) is 3.15. The number of amides is 2. The first-order valence-electron chi connectivity index (χ1n) is 9.50. The summed E-state index contributed by atoms with van der Waals surface area (Å²) >= 11 is 0. The summed E-state index contributed by atoms with van der Waals surface area (Å²) in [6.07, 6.45) is 6.53. The molecule has 2 aliphatic rings. The molecule has 0 radical (unpaired) electrons. The highest BCUT2D eigenvalue weighted by atomic mass is 16.2. The molecule has 2 aromatic rings. The Morgan fingerprint density at radius 1 is 0.964 bits per heavy atom. The lowest BCUT2D eigenvalue weighted by Gasteiger charge is -2.34. The van der Waals surface area contributed by atoms with E-state index in [1.54, 1.807) is 28.3 Å². The summed E-state index contributed by atoms with van der Waals surface area (Å²) in [5.74, 6) is 0.0376. The summed E-state index contributed by atoms with van der Waals surface area (Å²) < 4.78 is 1.62. The largest absolute Gasteiger partial charge is 0.339 e. The smallest absolute Gasteiger partial charge is 0.254 e. The van der Waals surface area contributed by atoms with E-state index in [1.165, 1.54) is 0 Å². The van der Waals surface area contributed by atoms with Gasteiger partial charge in [-0.25, -0.2) is 0 Å². The van der Waals surface area contributed by atoms with Crippen molar-refractivity contribution in [1.29, 1.82) is 0 Å². The van der Waals surface area contributed by atoms with Crippen molar-refractivity contribution in [2.45, 2.75) is 13.3 Å². The Labute approximate surface area is 163 Å². The lowest BCUT2D eigenvalue weighted by atomic mass is 9.98. The Morgan fingerprint density at radius 3 is 2.25 bits per heavy atom. The minimum Gasteiger partial charge on any atom is -0.339 e. The number of carbonyl (C=O) groups is 2. The zero-order valence-electron chi connectivity index (χ0n) is 16.1. The molecule has 1 aromatic carbocycles. The van der Waals surface area contributed by atoms with E-state index in [0.29, 0.717) is 38.2 Å². The van der Waals surface area contributed by atoms with E-state index in [9.17, 15) is 14.4 Å². The molecule has 2 amide bonds. The van der Waals surface area contributed by atoms with E-state index in [0.717, 1.165) is 22.3 Å². The van der Waals surface area contributed by atoms with E-state index in [1.807, 2.05) is 42.6 Å². The highest BCUT2D eigenvalue weighted by Crippen LogP contribution is 2.29. The van der Waals surface area contributed by atoms with Gasteiger partial charge in [-0.1, -0.05) is 24.3 Å². The number of hydrogen-bond acceptors (Lipinski definition) is 3. The molecular formula is C22H23N3O3. The van der Waals surface area contributed by atoms with Crippen molar-refractivity contribution in [2.75, 3.05) is 26.2 Å². The van der Waals surface area contributed by atoms with Crippen LogP contribution >= 0.6 is 0 Å². The minimum atomic E-state index is -0.0136. The van der Waals surface area contributed by atoms with E-state index in [2.05, 4.69) is 0 Å². The maximum absolute atomic E-state index is 12.8. The normalized spacial score (nSPS) is 15.6. The third-order valence-corrected chi connectivity index (χ3v) is 5.58. The molecule has 6 nitrogen and oxygen atoms in total. The van der Waals surface area contributed by atoms with Crippen molar-refractivity contribution in [2.24, 2.45) is 7.05 Å². The fraction of sp³-hybridized carbons (Fsp3) is 0.318. The van der Waals surface area contributed by atoms with Crippen LogP contribution in [0.25, 0.3) is 17.2 Å². The number of piperazine rings is 1. The highest BCUT2D eigenvalue weighted by molar-refractivity contribution is 5.95. The molecule has 1 saturated heterocycles. The second kappa shape index (κ2) is 7.11. The average molecular weight is 377 g/mol. The SMILES string of the molecule is CC(=O)N1CCN(C(=O)c2ccc(-c3cn(C)c(=O)c4c3C=CC4)cc2)CC1. The molecule has 1 fully saturated rings. The van der Waals surface area contributed by atoms with Crippen LogP contribution in [0.2, 0.25) is 0 Å². The topological polar surface area (TPSA) is 62.6 Å². The predicted molar refractivity (Wildman–Crippen MR) is 108 cm³/mol. The summed E-state index contributed by atoms with van der Waals surface area (Å²) in [4.78, 5) is 40.0. The zero-order chi connectivity index (χ0) is 19.8. The van der Waals surface area contributed by atoms with Crippen LogP contribution in [0.4, 0.5) is 0 Å². The average Bonchev–Trinajstić information content (AvgIpc) is 3.20. The van der Waals surface area contributed by atoms with Crippen LogP contribution in [0.1, 0.15) is 28.4 Å². The number of allylic oxidation sites excluding steroid dienone is 1. The van der Waals surface area contributed by atoms with Crippen LogP contribution in [-0.2, 0) is 18.3 Å². The second-order valence-electron chi connectivity index (χ2n) is 7.33. The first-order chi connectivity index (χ1) is 13.5. The number of nitrogens with zero attached hydrogens (tertiary/aromatic N) is 3. The van der Waals surface area contributed by atoms with Gasteiger partial charge in [0.15, 0.2) is 0 Å². The zero-order valence-corrected chi connectivity index (χ0v) is 16.1. The molecule has 144 valence electrons. The molecule has 6 heteroatoms. The molecule has 0 bridgehead atoms. The van der Waals surface area contributed by atoms with Gasteiger partial charge in [-0.05, 0) is 29.7 Å². The van der Waals surface area contributed by atoms with Gasteiger partial charge < -0.3 is 14.4 Å². The van der Waals surface area contributed by atoms with Crippen molar-refractivity contribution in [3.63, 3.8) is 0 Å². The van der Waals surface area contributed by atoms with Gasteiger partial charge in [-0.15, -0.1) is 0 Å². The quantitative estimate of drug-likeness (QED) is 0.803. The monoisotopic (exact) mass is 377 g/mol. The number of fused-ring (bicyclic) bond motifs is 1. The van der Waals surface area contributed by atoms with Crippen molar-refractivity contribution in [1.82, 2.24) is 14.4 Å². The van der Waals surface area contributed by atoms with Crippen LogP contribution in [0.5, 0.6) is 0 Å². The Hall–Kier alpha value is -3.15. The Morgan fingerprint density at radius 2 is 1.61 bits per heavy atom. The van der Waals surface area contributed by atoms with Gasteiger partial charge in [0.2, 0.25) is 5.91 Å². The molecule has 2 heterocycles. The number of hydrogen-bond donors (Lipinski definition) is 0. The fourth-order valence-corrected chi connectivity index (χ4v) is 3.92. The van der Waals surface area contributed by atoms with Gasteiger partial charge in [0, 0.05) is 63.0 Å². The molecule has 0 atom stereocenters. The lowest BCUT2D eigenvalue weighted by Crippen LogP contribution is -2.50. The molecule has 0 N–H and O–H groups in total. The number of aromatic nitrogens is 1. The second-order valence-corrected chi connectivity index (χ2v) is 7.33. The number of aryl methyl sites for hydroxylation is 1. The molecular weight excluding hydrogens is 354 g/mol. The number of benzene rings is 1. The van der Waals surface area contributed by atoms with Crippen molar-refractivity contribution in [3.8, 4) is 11.1 Å². The maximum atomic E-state index is 12.8. The Balaban J connectivity index is 1.56. The summed E-state index contributed by atoms with van der Waals surface area (Å²) in [7, 11) is 1.77. The summed E-state index contributed by atoms with van der Waals surface area (Å²) in [6, 6.07) is 7.55. The van der Waals surface area contributed by atoms with Crippen LogP contribution in [0, 0.1) is 0 Å². The standard InChI is InChI=1S/C22H23N3O3/c1-15(26)24-10-12-25(13-11-24)21(27)17-8-6-16(7-9-17)20-14-23(2)22(28)19-5-3-4-18(19)20/h3-4,6-9,14H,5,10-13H2,1-2H3. The van der Waals surface area contributed by atoms with Gasteiger partial charge in [0.05, 0.1) is 0 Å². The van der Waals surface area contributed by atoms with Crippen molar-refractivity contribution >= 4 is 17.9 Å². The van der Waals surface area contributed by atoms with Crippen LogP contribution < -0.4 is 5.56 Å². The van der Waals surface area contributed by atoms with Crippen LogP contribution in [0.15, 0.2) is 41.3 Å². The number of rotatable bonds is 2. The molecule has 0 saturated carbocycles. The van der Waals surface area contributed by atoms with Crippen LogP contribution in [0.3, 0.4) is 0 Å². The Kier molecular flexibility index (Phi) is 4.63. The van der Waals surface area contributed by atoms with E-state index >= 15 is 0 Å². The van der Waals surface area contributed by atoms with Crippen molar-refractivity contribution < 1.29 is 9.59 Å². The minimum absolute atomic E-state index is 0.0136. The molecule has 0 spiro atoms.